The van der Waals surface area contributed by atoms with Crippen molar-refractivity contribution in [2.45, 2.75) is 57.6 Å². The monoisotopic (exact) mass is 250 g/mol. The molecule has 4 N–H and O–H groups in total. The maximum absolute atomic E-state index is 9.94. The number of anilines is 2. The number of nitrogens with two attached hydrogens (primary N) is 1. The van der Waals surface area contributed by atoms with E-state index in [0.717, 1.165) is 37.3 Å². The zero-order chi connectivity index (χ0) is 13.1. The minimum atomic E-state index is -0.294. The second kappa shape index (κ2) is 5.52. The zero-order valence-corrected chi connectivity index (χ0v) is 11.1. The van der Waals surface area contributed by atoms with Gasteiger partial charge in [0.15, 0.2) is 0 Å². The van der Waals surface area contributed by atoms with Crippen molar-refractivity contribution in [3.05, 3.63) is 11.9 Å². The first-order valence-electron chi connectivity index (χ1n) is 6.65. The Morgan fingerprint density at radius 2 is 2.06 bits per heavy atom. The lowest BCUT2D eigenvalue weighted by Gasteiger charge is -2.28. The minimum absolute atomic E-state index is 0.0769. The highest BCUT2D eigenvalue weighted by Gasteiger charge is 2.23. The van der Waals surface area contributed by atoms with E-state index < -0.39 is 0 Å². The lowest BCUT2D eigenvalue weighted by atomic mass is 9.92. The molecule has 0 amide bonds. The van der Waals surface area contributed by atoms with Crippen LogP contribution in [0.25, 0.3) is 0 Å². The van der Waals surface area contributed by atoms with Crippen LogP contribution in [0.3, 0.4) is 0 Å². The first kappa shape index (κ1) is 13.1. The van der Waals surface area contributed by atoms with Crippen molar-refractivity contribution in [1.29, 1.82) is 0 Å². The van der Waals surface area contributed by atoms with Gasteiger partial charge in [0.25, 0.3) is 0 Å². The number of nitrogens with zero attached hydrogens (tertiary/aromatic N) is 2. The SMILES string of the molecule is CC(C)c1nc(N)cc(NC2CCCCC2O)n1. The molecule has 2 rings (SSSR count). The molecule has 1 heterocycles. The maximum Gasteiger partial charge on any atom is 0.135 e. The van der Waals surface area contributed by atoms with Crippen LogP contribution in [-0.2, 0) is 0 Å². The third kappa shape index (κ3) is 3.10. The molecule has 1 aromatic heterocycles. The van der Waals surface area contributed by atoms with Crippen LogP contribution in [0.15, 0.2) is 6.07 Å². The van der Waals surface area contributed by atoms with Crippen molar-refractivity contribution in [2.75, 3.05) is 11.1 Å². The normalized spacial score (nSPS) is 24.2. The molecule has 0 radical (unpaired) electrons. The number of nitrogen functional groups attached to an aromatic ring is 1. The zero-order valence-electron chi connectivity index (χ0n) is 11.1. The Morgan fingerprint density at radius 3 is 2.72 bits per heavy atom. The number of aliphatic hydroxyl groups is 1. The van der Waals surface area contributed by atoms with Crippen molar-refractivity contribution in [2.24, 2.45) is 0 Å². The van der Waals surface area contributed by atoms with Crippen LogP contribution >= 0.6 is 0 Å². The number of aromatic nitrogens is 2. The van der Waals surface area contributed by atoms with E-state index >= 15 is 0 Å². The van der Waals surface area contributed by atoms with Gasteiger partial charge in [-0.05, 0) is 12.8 Å². The maximum atomic E-state index is 9.94. The molecule has 0 saturated heterocycles. The quantitative estimate of drug-likeness (QED) is 0.763. The molecule has 0 bridgehead atoms. The van der Waals surface area contributed by atoms with Crippen molar-refractivity contribution in [3.8, 4) is 0 Å². The molecule has 0 aromatic carbocycles. The van der Waals surface area contributed by atoms with Gasteiger partial charge >= 0.3 is 0 Å². The van der Waals surface area contributed by atoms with Crippen LogP contribution in [0.2, 0.25) is 0 Å². The largest absolute Gasteiger partial charge is 0.391 e. The van der Waals surface area contributed by atoms with Gasteiger partial charge in [-0.15, -0.1) is 0 Å². The minimum Gasteiger partial charge on any atom is -0.391 e. The Balaban J connectivity index is 2.12. The van der Waals surface area contributed by atoms with Gasteiger partial charge in [0.05, 0.1) is 12.1 Å². The Hall–Kier alpha value is -1.36. The molecule has 2 unspecified atom stereocenters. The second-order valence-corrected chi connectivity index (χ2v) is 5.29. The predicted octanol–water partition coefficient (Wildman–Crippen LogP) is 1.90. The fourth-order valence-electron chi connectivity index (χ4n) is 2.29. The van der Waals surface area contributed by atoms with Crippen molar-refractivity contribution in [1.82, 2.24) is 9.97 Å². The second-order valence-electron chi connectivity index (χ2n) is 5.29. The Kier molecular flexibility index (Phi) is 4.01. The van der Waals surface area contributed by atoms with Gasteiger partial charge in [-0.25, -0.2) is 9.97 Å². The lowest BCUT2D eigenvalue weighted by molar-refractivity contribution is 0.116. The topological polar surface area (TPSA) is 84.1 Å². The Morgan fingerprint density at radius 1 is 1.33 bits per heavy atom. The summed E-state index contributed by atoms with van der Waals surface area (Å²) in [6.45, 7) is 4.07. The van der Waals surface area contributed by atoms with E-state index in [1.54, 1.807) is 6.07 Å². The summed E-state index contributed by atoms with van der Waals surface area (Å²) < 4.78 is 0. The van der Waals surface area contributed by atoms with Crippen LogP contribution in [-0.4, -0.2) is 27.2 Å². The highest BCUT2D eigenvalue weighted by atomic mass is 16.3. The molecule has 1 aliphatic carbocycles. The van der Waals surface area contributed by atoms with Crippen LogP contribution in [0.4, 0.5) is 11.6 Å². The first-order valence-corrected chi connectivity index (χ1v) is 6.65. The molecule has 1 fully saturated rings. The molecule has 0 aliphatic heterocycles. The van der Waals surface area contributed by atoms with Gasteiger partial charge in [-0.3, -0.25) is 0 Å². The van der Waals surface area contributed by atoms with Crippen LogP contribution in [0, 0.1) is 0 Å². The summed E-state index contributed by atoms with van der Waals surface area (Å²) in [6.07, 6.45) is 3.78. The molecule has 0 spiro atoms. The van der Waals surface area contributed by atoms with Gasteiger partial charge in [0.2, 0.25) is 0 Å². The third-order valence-corrected chi connectivity index (χ3v) is 3.34. The molecule has 1 saturated carbocycles. The van der Waals surface area contributed by atoms with E-state index in [2.05, 4.69) is 15.3 Å². The molecule has 5 nitrogen and oxygen atoms in total. The van der Waals surface area contributed by atoms with Crippen molar-refractivity contribution < 1.29 is 5.11 Å². The lowest BCUT2D eigenvalue weighted by Crippen LogP contribution is -2.36. The molecular weight excluding hydrogens is 228 g/mol. The van der Waals surface area contributed by atoms with Gasteiger partial charge in [0.1, 0.15) is 17.5 Å². The van der Waals surface area contributed by atoms with Gasteiger partial charge in [0, 0.05) is 12.0 Å². The summed E-state index contributed by atoms with van der Waals surface area (Å²) >= 11 is 0. The van der Waals surface area contributed by atoms with Crippen molar-refractivity contribution >= 4 is 11.6 Å². The number of nitrogens with one attached hydrogen (secondary N) is 1. The fourth-order valence-corrected chi connectivity index (χ4v) is 2.29. The number of rotatable bonds is 3. The van der Waals surface area contributed by atoms with E-state index in [4.69, 9.17) is 5.73 Å². The summed E-state index contributed by atoms with van der Waals surface area (Å²) in [5.74, 6) is 2.17. The standard InChI is InChI=1S/C13H22N4O/c1-8(2)13-16-11(14)7-12(17-13)15-9-5-3-4-6-10(9)18/h7-10,18H,3-6H2,1-2H3,(H3,14,15,16,17). The summed E-state index contributed by atoms with van der Waals surface area (Å²) in [5, 5.41) is 13.2. The number of hydrogen-bond donors (Lipinski definition) is 3. The molecule has 18 heavy (non-hydrogen) atoms. The highest BCUT2D eigenvalue weighted by Crippen LogP contribution is 2.23. The average Bonchev–Trinajstić information content (AvgIpc) is 2.31. The van der Waals surface area contributed by atoms with Crippen molar-refractivity contribution in [3.63, 3.8) is 0 Å². The average molecular weight is 250 g/mol. The summed E-state index contributed by atoms with van der Waals surface area (Å²) in [5.41, 5.74) is 5.78. The van der Waals surface area contributed by atoms with E-state index in [1.807, 2.05) is 13.8 Å². The summed E-state index contributed by atoms with van der Waals surface area (Å²) in [6, 6.07) is 1.81. The van der Waals surface area contributed by atoms with Crippen LogP contribution in [0.5, 0.6) is 0 Å². The van der Waals surface area contributed by atoms with Gasteiger partial charge < -0.3 is 16.2 Å². The Labute approximate surface area is 108 Å². The molecule has 100 valence electrons. The van der Waals surface area contributed by atoms with Gasteiger partial charge in [-0.1, -0.05) is 26.7 Å². The van der Waals surface area contributed by atoms with E-state index in [1.165, 1.54) is 0 Å². The van der Waals surface area contributed by atoms with Crippen LogP contribution < -0.4 is 11.1 Å². The summed E-state index contributed by atoms with van der Waals surface area (Å²) in [4.78, 5) is 8.66. The summed E-state index contributed by atoms with van der Waals surface area (Å²) in [7, 11) is 0. The highest BCUT2D eigenvalue weighted by molar-refractivity contribution is 5.45. The third-order valence-electron chi connectivity index (χ3n) is 3.34. The fraction of sp³-hybridized carbons (Fsp3) is 0.692. The first-order chi connectivity index (χ1) is 8.56. The number of aliphatic hydroxyl groups excluding tert-OH is 1. The predicted molar refractivity (Wildman–Crippen MR) is 72.4 cm³/mol. The van der Waals surface area contributed by atoms with Gasteiger partial charge in [-0.2, -0.15) is 0 Å². The molecule has 1 aliphatic rings. The van der Waals surface area contributed by atoms with E-state index in [0.29, 0.717) is 5.82 Å². The van der Waals surface area contributed by atoms with E-state index in [9.17, 15) is 5.11 Å². The number of hydrogen-bond acceptors (Lipinski definition) is 5. The van der Waals surface area contributed by atoms with E-state index in [-0.39, 0.29) is 18.1 Å². The molecular formula is C13H22N4O. The van der Waals surface area contributed by atoms with Crippen LogP contribution in [0.1, 0.15) is 51.3 Å². The smallest absolute Gasteiger partial charge is 0.135 e. The molecule has 1 aromatic rings. The molecule has 2 atom stereocenters. The molecule has 5 heteroatoms. The Bertz CT molecular complexity index is 408.